The number of aliphatic hydroxyl groups excluding tert-OH is 3. The quantitative estimate of drug-likeness (QED) is 0.0923. The number of phenols is 4. The van der Waals surface area contributed by atoms with Gasteiger partial charge in [0.2, 0.25) is 6.29 Å². The Hall–Kier alpha value is -5.08. The lowest BCUT2D eigenvalue weighted by Crippen LogP contribution is -2.61. The Morgan fingerprint density at radius 2 is 1.63 bits per heavy atom. The molecule has 0 saturated carbocycles. The fourth-order valence-electron chi connectivity index (χ4n) is 4.48. The summed E-state index contributed by atoms with van der Waals surface area (Å²) >= 11 is 0. The number of phenolic OH excluding ortho intramolecular Hbond substituents is 4. The van der Waals surface area contributed by atoms with Crippen LogP contribution in [0, 0.1) is 0 Å². The number of rotatable bonds is 7. The molecule has 224 valence electrons. The van der Waals surface area contributed by atoms with Gasteiger partial charge < -0.3 is 54.4 Å². The molecule has 13 nitrogen and oxygen atoms in total. The van der Waals surface area contributed by atoms with E-state index in [9.17, 15) is 45.3 Å². The van der Waals surface area contributed by atoms with Gasteiger partial charge in [0.25, 0.3) is 0 Å². The van der Waals surface area contributed by atoms with Crippen molar-refractivity contribution in [2.75, 3.05) is 6.61 Å². The molecule has 1 fully saturated rings. The first kappa shape index (κ1) is 29.4. The summed E-state index contributed by atoms with van der Waals surface area (Å²) in [6.07, 6.45) is -5.52. The van der Waals surface area contributed by atoms with Crippen LogP contribution in [0.3, 0.4) is 0 Å². The molecule has 4 aromatic rings. The molecule has 7 N–H and O–H groups in total. The van der Waals surface area contributed by atoms with Gasteiger partial charge in [-0.25, -0.2) is 4.79 Å². The Labute approximate surface area is 242 Å². The van der Waals surface area contributed by atoms with E-state index in [4.69, 9.17) is 18.6 Å². The first-order valence-corrected chi connectivity index (χ1v) is 12.8. The first-order chi connectivity index (χ1) is 20.5. The standard InChI is InChI=1S/C30H26O13/c31-13-24-29(43-25(37)8-3-14-1-5-16(32)6-2-14)27(38)28(39)30(42-24)40-17-10-20(35)26-21(36)12-22(41-23(26)11-17)15-4-7-18(33)19(34)9-15/h1-12,24,27-35,38-39H,13H2/b8-3+/t24-,27-,28-,29-,30-/m1/s1. The molecule has 2 heterocycles. The first-order valence-electron chi connectivity index (χ1n) is 12.8. The van der Waals surface area contributed by atoms with Crippen molar-refractivity contribution in [2.24, 2.45) is 0 Å². The fourth-order valence-corrected chi connectivity index (χ4v) is 4.48. The molecule has 0 unspecified atom stereocenters. The molecule has 13 heteroatoms. The van der Waals surface area contributed by atoms with E-state index in [-0.39, 0.29) is 39.5 Å². The van der Waals surface area contributed by atoms with Crippen LogP contribution in [0.4, 0.5) is 0 Å². The van der Waals surface area contributed by atoms with E-state index in [1.54, 1.807) is 12.1 Å². The van der Waals surface area contributed by atoms with Gasteiger partial charge in [0.15, 0.2) is 23.0 Å². The second-order valence-corrected chi connectivity index (χ2v) is 9.64. The molecule has 1 aliphatic rings. The highest BCUT2D eigenvalue weighted by Crippen LogP contribution is 2.35. The lowest BCUT2D eigenvalue weighted by Gasteiger charge is -2.41. The lowest BCUT2D eigenvalue weighted by atomic mass is 9.99. The highest BCUT2D eigenvalue weighted by Gasteiger charge is 2.47. The molecule has 43 heavy (non-hydrogen) atoms. The molecular formula is C30H26O13. The van der Waals surface area contributed by atoms with E-state index >= 15 is 0 Å². The van der Waals surface area contributed by atoms with Gasteiger partial charge in [-0.3, -0.25) is 4.79 Å². The van der Waals surface area contributed by atoms with Gasteiger partial charge in [0, 0.05) is 29.8 Å². The second kappa shape index (κ2) is 12.0. The third-order valence-electron chi connectivity index (χ3n) is 6.67. The molecule has 5 rings (SSSR count). The number of aliphatic hydroxyl groups is 3. The molecule has 1 aliphatic heterocycles. The summed E-state index contributed by atoms with van der Waals surface area (Å²) in [5, 5.41) is 70.3. The predicted molar refractivity (Wildman–Crippen MR) is 148 cm³/mol. The Morgan fingerprint density at radius 1 is 0.884 bits per heavy atom. The van der Waals surface area contributed by atoms with Crippen molar-refractivity contribution < 1.29 is 59.2 Å². The molecule has 0 bridgehead atoms. The van der Waals surface area contributed by atoms with Crippen molar-refractivity contribution >= 4 is 23.0 Å². The van der Waals surface area contributed by atoms with E-state index in [1.807, 2.05) is 0 Å². The summed E-state index contributed by atoms with van der Waals surface area (Å²) in [5.74, 6) is -2.37. The van der Waals surface area contributed by atoms with Crippen molar-refractivity contribution in [2.45, 2.75) is 30.7 Å². The highest BCUT2D eigenvalue weighted by atomic mass is 16.7. The van der Waals surface area contributed by atoms with E-state index in [0.29, 0.717) is 5.56 Å². The Kier molecular flexibility index (Phi) is 8.23. The van der Waals surface area contributed by atoms with Gasteiger partial charge in [0.1, 0.15) is 52.3 Å². The van der Waals surface area contributed by atoms with Gasteiger partial charge >= 0.3 is 5.97 Å². The molecular weight excluding hydrogens is 568 g/mol. The number of hydrogen-bond acceptors (Lipinski definition) is 13. The molecule has 0 aliphatic carbocycles. The summed E-state index contributed by atoms with van der Waals surface area (Å²) in [6.45, 7) is -0.732. The zero-order valence-electron chi connectivity index (χ0n) is 22.1. The van der Waals surface area contributed by atoms with Crippen LogP contribution < -0.4 is 10.2 Å². The average Bonchev–Trinajstić information content (AvgIpc) is 2.97. The van der Waals surface area contributed by atoms with E-state index in [0.717, 1.165) is 18.2 Å². The van der Waals surface area contributed by atoms with Gasteiger partial charge in [0.05, 0.1) is 6.61 Å². The van der Waals surface area contributed by atoms with Crippen molar-refractivity contribution in [1.82, 2.24) is 0 Å². The number of benzene rings is 3. The average molecular weight is 595 g/mol. The molecule has 1 saturated heterocycles. The van der Waals surface area contributed by atoms with Crippen LogP contribution in [0.1, 0.15) is 5.56 Å². The van der Waals surface area contributed by atoms with Crippen LogP contribution in [0.5, 0.6) is 28.7 Å². The zero-order chi connectivity index (χ0) is 30.8. The van der Waals surface area contributed by atoms with Crippen molar-refractivity contribution in [3.05, 3.63) is 82.5 Å². The van der Waals surface area contributed by atoms with E-state index < -0.39 is 60.2 Å². The Balaban J connectivity index is 1.34. The van der Waals surface area contributed by atoms with Gasteiger partial charge in [-0.2, -0.15) is 0 Å². The minimum absolute atomic E-state index is 0.00168. The van der Waals surface area contributed by atoms with Crippen molar-refractivity contribution in [1.29, 1.82) is 0 Å². The number of carbonyl (C=O) groups excluding carboxylic acids is 1. The summed E-state index contributed by atoms with van der Waals surface area (Å²) < 4.78 is 22.2. The number of ether oxygens (including phenoxy) is 3. The number of aromatic hydroxyl groups is 4. The summed E-state index contributed by atoms with van der Waals surface area (Å²) in [6, 6.07) is 13.1. The van der Waals surface area contributed by atoms with Crippen LogP contribution in [-0.4, -0.2) is 79.0 Å². The summed E-state index contributed by atoms with van der Waals surface area (Å²) in [7, 11) is 0. The zero-order valence-corrected chi connectivity index (χ0v) is 22.1. The maximum Gasteiger partial charge on any atom is 0.331 e. The van der Waals surface area contributed by atoms with Crippen molar-refractivity contribution in [3.63, 3.8) is 0 Å². The van der Waals surface area contributed by atoms with Gasteiger partial charge in [-0.05, 0) is 42.0 Å². The second-order valence-electron chi connectivity index (χ2n) is 9.64. The minimum atomic E-state index is -1.79. The maximum absolute atomic E-state index is 12.7. The monoisotopic (exact) mass is 594 g/mol. The third kappa shape index (κ3) is 6.24. The van der Waals surface area contributed by atoms with Crippen LogP contribution in [0.2, 0.25) is 0 Å². The van der Waals surface area contributed by atoms with Crippen LogP contribution in [-0.2, 0) is 14.3 Å². The number of hydrogen-bond donors (Lipinski definition) is 7. The lowest BCUT2D eigenvalue weighted by molar-refractivity contribution is -0.280. The maximum atomic E-state index is 12.7. The molecule has 0 radical (unpaired) electrons. The third-order valence-corrected chi connectivity index (χ3v) is 6.67. The molecule has 0 spiro atoms. The largest absolute Gasteiger partial charge is 0.508 e. The molecule has 1 aromatic heterocycles. The summed E-state index contributed by atoms with van der Waals surface area (Å²) in [5.41, 5.74) is 0.0623. The Morgan fingerprint density at radius 3 is 2.33 bits per heavy atom. The fraction of sp³-hybridized carbons (Fsp3) is 0.200. The number of esters is 1. The SMILES string of the molecule is O=C(/C=C/c1ccc(O)cc1)O[C@H]1[C@H](O)[C@@H](O)[C@H](Oc2cc(O)c3c(=O)cc(-c4ccc(O)c(O)c4)oc3c2)O[C@@H]1CO. The van der Waals surface area contributed by atoms with Crippen molar-refractivity contribution in [3.8, 4) is 40.1 Å². The minimum Gasteiger partial charge on any atom is -0.508 e. The predicted octanol–water partition coefficient (Wildman–Crippen LogP) is 1.73. The van der Waals surface area contributed by atoms with Crippen LogP contribution >= 0.6 is 0 Å². The van der Waals surface area contributed by atoms with E-state index in [1.165, 1.54) is 42.5 Å². The molecule has 0 amide bonds. The summed E-state index contributed by atoms with van der Waals surface area (Å²) in [4.78, 5) is 25.1. The molecule has 5 atom stereocenters. The number of carbonyl (C=O) groups is 1. The Bertz CT molecular complexity index is 1730. The van der Waals surface area contributed by atoms with Gasteiger partial charge in [-0.15, -0.1) is 0 Å². The van der Waals surface area contributed by atoms with Crippen LogP contribution in [0.15, 0.2) is 76.0 Å². The highest BCUT2D eigenvalue weighted by molar-refractivity contribution is 5.87. The normalized spacial score (nSPS) is 22.1. The van der Waals surface area contributed by atoms with E-state index in [2.05, 4.69) is 0 Å². The van der Waals surface area contributed by atoms with Crippen LogP contribution in [0.25, 0.3) is 28.4 Å². The van der Waals surface area contributed by atoms with Gasteiger partial charge in [-0.1, -0.05) is 12.1 Å². The molecule has 3 aromatic carbocycles. The topological polar surface area (TPSA) is 217 Å². The smallest absolute Gasteiger partial charge is 0.331 e. The number of fused-ring (bicyclic) bond motifs is 1.